The number of carbonyl (C=O) groups is 2. The van der Waals surface area contributed by atoms with Crippen LogP contribution in [0.1, 0.15) is 70.5 Å². The van der Waals surface area contributed by atoms with Crippen molar-refractivity contribution in [1.82, 2.24) is 20.4 Å². The normalized spacial score (nSPS) is 21.3. The zero-order chi connectivity index (χ0) is 20.8. The Bertz CT molecular complexity index is 660. The minimum Gasteiger partial charge on any atom is -0.408 e. The Morgan fingerprint density at radius 3 is 2.46 bits per heavy atom. The van der Waals surface area contributed by atoms with E-state index in [2.05, 4.69) is 20.4 Å². The van der Waals surface area contributed by atoms with Gasteiger partial charge in [0, 0.05) is 11.3 Å². The summed E-state index contributed by atoms with van der Waals surface area (Å²) in [4.78, 5) is 28.1. The van der Waals surface area contributed by atoms with Crippen LogP contribution in [-0.2, 0) is 4.79 Å². The number of amides is 1. The largest absolute Gasteiger partial charge is 0.408 e. The maximum absolute atomic E-state index is 13.0. The van der Waals surface area contributed by atoms with E-state index in [9.17, 15) is 9.59 Å². The van der Waals surface area contributed by atoms with Crippen LogP contribution >= 0.6 is 11.8 Å². The number of aromatic nitrogens is 2. The van der Waals surface area contributed by atoms with Crippen LogP contribution in [-0.4, -0.2) is 58.2 Å². The Labute approximate surface area is 172 Å². The number of carbonyl (C=O) groups excluding carboxylic acids is 2. The van der Waals surface area contributed by atoms with Crippen LogP contribution in [0.5, 0.6) is 0 Å². The molecule has 0 radical (unpaired) electrons. The zero-order valence-corrected chi connectivity index (χ0v) is 18.7. The summed E-state index contributed by atoms with van der Waals surface area (Å²) in [5.41, 5.74) is 0. The van der Waals surface area contributed by atoms with Crippen LogP contribution in [0.2, 0.25) is 0 Å². The number of Topliss-reactive ketones (excluding diaryl/α,β-unsaturated/α-hetero) is 1. The smallest absolute Gasteiger partial charge is 0.286 e. The molecule has 158 valence electrons. The average Bonchev–Trinajstić information content (AvgIpc) is 3.07. The van der Waals surface area contributed by atoms with E-state index >= 15 is 0 Å². The highest BCUT2D eigenvalue weighted by molar-refractivity contribution is 7.99. The summed E-state index contributed by atoms with van der Waals surface area (Å²) in [7, 11) is 4.03. The molecule has 2 rings (SSSR count). The van der Waals surface area contributed by atoms with Crippen LogP contribution in [0.15, 0.2) is 9.64 Å². The number of nitrogens with one attached hydrogen (secondary N) is 1. The van der Waals surface area contributed by atoms with E-state index in [0.29, 0.717) is 11.6 Å². The highest BCUT2D eigenvalue weighted by Crippen LogP contribution is 2.28. The SMILES string of the molecule is CC(C)C[C@H](NC(=O)[C@@H]1CCCC[C@@H]1N(C)C)C(=O)c1nnc(SC(C)C)o1. The average molecular weight is 411 g/mol. The Morgan fingerprint density at radius 1 is 1.18 bits per heavy atom. The molecule has 7 nitrogen and oxygen atoms in total. The van der Waals surface area contributed by atoms with Gasteiger partial charge in [-0.1, -0.05) is 52.3 Å². The van der Waals surface area contributed by atoms with Gasteiger partial charge in [0.15, 0.2) is 0 Å². The predicted octanol–water partition coefficient (Wildman–Crippen LogP) is 3.40. The third-order valence-electron chi connectivity index (χ3n) is 5.02. The van der Waals surface area contributed by atoms with Gasteiger partial charge in [0.05, 0.1) is 12.0 Å². The van der Waals surface area contributed by atoms with Crippen LogP contribution in [0.4, 0.5) is 0 Å². The minimum atomic E-state index is -0.644. The molecule has 1 fully saturated rings. The monoisotopic (exact) mass is 410 g/mol. The van der Waals surface area contributed by atoms with Crippen molar-refractivity contribution < 1.29 is 14.0 Å². The number of nitrogens with zero attached hydrogens (tertiary/aromatic N) is 3. The first-order valence-corrected chi connectivity index (χ1v) is 11.1. The highest BCUT2D eigenvalue weighted by Gasteiger charge is 2.35. The number of hydrogen-bond acceptors (Lipinski definition) is 7. The van der Waals surface area contributed by atoms with E-state index in [1.165, 1.54) is 11.8 Å². The lowest BCUT2D eigenvalue weighted by molar-refractivity contribution is -0.128. The summed E-state index contributed by atoms with van der Waals surface area (Å²) in [6, 6.07) is -0.435. The molecule has 1 N–H and O–H groups in total. The molecule has 1 heterocycles. The van der Waals surface area contributed by atoms with Gasteiger partial charge in [0.1, 0.15) is 0 Å². The van der Waals surface area contributed by atoms with Crippen molar-refractivity contribution in [2.24, 2.45) is 11.8 Å². The summed E-state index contributed by atoms with van der Waals surface area (Å²) in [5.74, 6) is -0.225. The molecule has 1 aliphatic rings. The van der Waals surface area contributed by atoms with Gasteiger partial charge in [-0.25, -0.2) is 0 Å². The van der Waals surface area contributed by atoms with Gasteiger partial charge < -0.3 is 14.6 Å². The maximum Gasteiger partial charge on any atom is 0.286 e. The van der Waals surface area contributed by atoms with Crippen LogP contribution in [0, 0.1) is 11.8 Å². The van der Waals surface area contributed by atoms with Gasteiger partial charge in [-0.15, -0.1) is 10.2 Å². The van der Waals surface area contributed by atoms with Crippen molar-refractivity contribution in [3.05, 3.63) is 5.89 Å². The third kappa shape index (κ3) is 6.30. The Morgan fingerprint density at radius 2 is 1.86 bits per heavy atom. The lowest BCUT2D eigenvalue weighted by atomic mass is 9.83. The molecule has 0 unspecified atom stereocenters. The molecule has 1 saturated carbocycles. The van der Waals surface area contributed by atoms with E-state index in [1.807, 2.05) is 41.8 Å². The van der Waals surface area contributed by atoms with Gasteiger partial charge in [0.25, 0.3) is 11.1 Å². The summed E-state index contributed by atoms with van der Waals surface area (Å²) in [6.07, 6.45) is 4.59. The molecule has 0 aromatic carbocycles. The first-order chi connectivity index (χ1) is 13.2. The molecular formula is C20H34N4O3S. The van der Waals surface area contributed by atoms with Gasteiger partial charge in [0.2, 0.25) is 11.7 Å². The molecular weight excluding hydrogens is 376 g/mol. The molecule has 0 spiro atoms. The Balaban J connectivity index is 2.12. The molecule has 28 heavy (non-hydrogen) atoms. The number of ketones is 1. The molecule has 1 amide bonds. The van der Waals surface area contributed by atoms with Crippen molar-refractivity contribution >= 4 is 23.5 Å². The Kier molecular flexibility index (Phi) is 8.49. The lowest BCUT2D eigenvalue weighted by Crippen LogP contribution is -2.50. The second kappa shape index (κ2) is 10.4. The van der Waals surface area contributed by atoms with Gasteiger partial charge in [-0.05, 0) is 39.3 Å². The van der Waals surface area contributed by atoms with E-state index in [0.717, 1.165) is 25.7 Å². The fourth-order valence-electron chi connectivity index (χ4n) is 3.72. The van der Waals surface area contributed by atoms with Crippen molar-refractivity contribution in [3.8, 4) is 0 Å². The molecule has 0 aliphatic heterocycles. The number of hydrogen-bond donors (Lipinski definition) is 1. The molecule has 1 aromatic heterocycles. The van der Waals surface area contributed by atoms with Gasteiger partial charge in [-0.3, -0.25) is 9.59 Å². The lowest BCUT2D eigenvalue weighted by Gasteiger charge is -2.36. The third-order valence-corrected chi connectivity index (χ3v) is 5.86. The van der Waals surface area contributed by atoms with E-state index in [1.54, 1.807) is 0 Å². The quantitative estimate of drug-likeness (QED) is 0.493. The topological polar surface area (TPSA) is 88.3 Å². The number of thioether (sulfide) groups is 1. The van der Waals surface area contributed by atoms with Crippen LogP contribution < -0.4 is 5.32 Å². The van der Waals surface area contributed by atoms with E-state index < -0.39 is 6.04 Å². The summed E-state index contributed by atoms with van der Waals surface area (Å²) in [6.45, 7) is 8.10. The zero-order valence-electron chi connectivity index (χ0n) is 17.9. The molecule has 1 aliphatic carbocycles. The highest BCUT2D eigenvalue weighted by atomic mass is 32.2. The second-order valence-corrected chi connectivity index (χ2v) is 10.0. The molecule has 0 saturated heterocycles. The fourth-order valence-corrected chi connectivity index (χ4v) is 4.34. The van der Waals surface area contributed by atoms with E-state index in [4.69, 9.17) is 4.42 Å². The molecule has 1 aromatic rings. The number of rotatable bonds is 9. The summed E-state index contributed by atoms with van der Waals surface area (Å²) >= 11 is 1.42. The summed E-state index contributed by atoms with van der Waals surface area (Å²) in [5, 5.41) is 11.5. The first kappa shape index (κ1) is 22.9. The second-order valence-electron chi connectivity index (χ2n) is 8.52. The van der Waals surface area contributed by atoms with Gasteiger partial charge >= 0.3 is 0 Å². The van der Waals surface area contributed by atoms with Crippen molar-refractivity contribution in [1.29, 1.82) is 0 Å². The van der Waals surface area contributed by atoms with Crippen molar-refractivity contribution in [3.63, 3.8) is 0 Å². The van der Waals surface area contributed by atoms with E-state index in [-0.39, 0.29) is 40.7 Å². The summed E-state index contributed by atoms with van der Waals surface area (Å²) < 4.78 is 5.54. The maximum atomic E-state index is 13.0. The molecule has 8 heteroatoms. The minimum absolute atomic E-state index is 0.0260. The Hall–Kier alpha value is -1.41. The molecule has 0 bridgehead atoms. The van der Waals surface area contributed by atoms with Crippen LogP contribution in [0.25, 0.3) is 0 Å². The van der Waals surface area contributed by atoms with Gasteiger partial charge in [-0.2, -0.15) is 0 Å². The standard InChI is InChI=1S/C20H34N4O3S/c1-12(2)11-15(17(25)19-22-23-20(27-19)28-13(3)4)21-18(26)14-9-7-8-10-16(14)24(5)6/h12-16H,7-11H2,1-6H3,(H,21,26)/t14-,15+,16+/m1/s1. The predicted molar refractivity (Wildman–Crippen MR) is 110 cm³/mol. The molecule has 3 atom stereocenters. The van der Waals surface area contributed by atoms with Crippen molar-refractivity contribution in [2.75, 3.05) is 14.1 Å². The van der Waals surface area contributed by atoms with Crippen LogP contribution in [0.3, 0.4) is 0 Å². The fraction of sp³-hybridized carbons (Fsp3) is 0.800. The first-order valence-electron chi connectivity index (χ1n) is 10.2. The van der Waals surface area contributed by atoms with Crippen molar-refractivity contribution in [2.45, 2.75) is 82.4 Å².